The van der Waals surface area contributed by atoms with E-state index >= 15 is 0 Å². The SMILES string of the molecule is C#CC(C)OC(=O)CN1C(=O)C=CC1=O. The molecule has 0 spiro atoms. The van der Waals surface area contributed by atoms with Crippen molar-refractivity contribution < 1.29 is 19.1 Å². The monoisotopic (exact) mass is 207 g/mol. The van der Waals surface area contributed by atoms with E-state index < -0.39 is 30.4 Å². The van der Waals surface area contributed by atoms with Crippen molar-refractivity contribution >= 4 is 17.8 Å². The first kappa shape index (κ1) is 11.0. The fraction of sp³-hybridized carbons (Fsp3) is 0.300. The molecule has 0 bridgehead atoms. The third kappa shape index (κ3) is 2.68. The van der Waals surface area contributed by atoms with Crippen LogP contribution in [-0.2, 0) is 19.1 Å². The van der Waals surface area contributed by atoms with Gasteiger partial charge in [0.1, 0.15) is 6.54 Å². The van der Waals surface area contributed by atoms with E-state index in [4.69, 9.17) is 11.2 Å². The second-order valence-electron chi connectivity index (χ2n) is 2.89. The minimum absolute atomic E-state index is 0.406. The number of rotatable bonds is 3. The molecule has 2 amide bonds. The molecule has 1 atom stereocenters. The molecule has 1 heterocycles. The Morgan fingerprint density at radius 1 is 1.53 bits per heavy atom. The molecule has 1 aliphatic rings. The third-order valence-corrected chi connectivity index (χ3v) is 1.73. The number of nitrogens with zero attached hydrogens (tertiary/aromatic N) is 1. The van der Waals surface area contributed by atoms with Gasteiger partial charge >= 0.3 is 5.97 Å². The van der Waals surface area contributed by atoms with Gasteiger partial charge in [-0.15, -0.1) is 6.42 Å². The summed E-state index contributed by atoms with van der Waals surface area (Å²) in [6.07, 6.45) is 6.52. The lowest BCUT2D eigenvalue weighted by Crippen LogP contribution is -2.36. The molecule has 1 aliphatic heterocycles. The Labute approximate surface area is 86.7 Å². The number of imide groups is 1. The van der Waals surface area contributed by atoms with Crippen LogP contribution in [0.25, 0.3) is 0 Å². The molecule has 0 aromatic rings. The fourth-order valence-corrected chi connectivity index (χ4v) is 0.985. The summed E-state index contributed by atoms with van der Waals surface area (Å²) in [6.45, 7) is 1.11. The van der Waals surface area contributed by atoms with Crippen molar-refractivity contribution in [1.29, 1.82) is 0 Å². The molecule has 0 aromatic heterocycles. The molecular weight excluding hydrogens is 198 g/mol. The summed E-state index contributed by atoms with van der Waals surface area (Å²) in [4.78, 5) is 34.0. The van der Waals surface area contributed by atoms with Crippen LogP contribution in [0.3, 0.4) is 0 Å². The first-order chi connectivity index (χ1) is 7.04. The standard InChI is InChI=1S/C10H9NO4/c1-3-7(2)15-10(14)6-11-8(12)4-5-9(11)13/h1,4-5,7H,6H2,2H3. The van der Waals surface area contributed by atoms with E-state index in [-0.39, 0.29) is 0 Å². The van der Waals surface area contributed by atoms with Gasteiger partial charge in [-0.1, -0.05) is 5.92 Å². The average Bonchev–Trinajstić information content (AvgIpc) is 2.49. The second-order valence-corrected chi connectivity index (χ2v) is 2.89. The van der Waals surface area contributed by atoms with Crippen molar-refractivity contribution in [3.63, 3.8) is 0 Å². The Hall–Kier alpha value is -2.09. The number of carbonyl (C=O) groups excluding carboxylic acids is 3. The lowest BCUT2D eigenvalue weighted by atomic mass is 10.4. The maximum atomic E-state index is 11.2. The van der Waals surface area contributed by atoms with Gasteiger partial charge in [0.25, 0.3) is 11.8 Å². The first-order valence-corrected chi connectivity index (χ1v) is 4.23. The molecule has 0 aromatic carbocycles. The van der Waals surface area contributed by atoms with Gasteiger partial charge in [-0.25, -0.2) is 0 Å². The van der Waals surface area contributed by atoms with Crippen molar-refractivity contribution in [2.24, 2.45) is 0 Å². The quantitative estimate of drug-likeness (QED) is 0.355. The van der Waals surface area contributed by atoms with Crippen molar-refractivity contribution in [2.45, 2.75) is 13.0 Å². The lowest BCUT2D eigenvalue weighted by molar-refractivity contribution is -0.153. The molecule has 1 unspecified atom stereocenters. The van der Waals surface area contributed by atoms with Crippen LogP contribution in [0.2, 0.25) is 0 Å². The number of amides is 2. The van der Waals surface area contributed by atoms with E-state index in [2.05, 4.69) is 5.92 Å². The molecule has 1 rings (SSSR count). The van der Waals surface area contributed by atoms with Gasteiger partial charge in [-0.2, -0.15) is 0 Å². The zero-order valence-electron chi connectivity index (χ0n) is 8.10. The van der Waals surface area contributed by atoms with Gasteiger partial charge in [0, 0.05) is 12.2 Å². The topological polar surface area (TPSA) is 63.7 Å². The van der Waals surface area contributed by atoms with Crippen LogP contribution in [0, 0.1) is 12.3 Å². The first-order valence-electron chi connectivity index (χ1n) is 4.23. The Morgan fingerprint density at radius 3 is 2.53 bits per heavy atom. The van der Waals surface area contributed by atoms with Gasteiger partial charge < -0.3 is 4.74 Å². The van der Waals surface area contributed by atoms with E-state index in [0.717, 1.165) is 17.1 Å². The van der Waals surface area contributed by atoms with Gasteiger partial charge in [-0.05, 0) is 6.92 Å². The molecule has 5 heteroatoms. The van der Waals surface area contributed by atoms with E-state index in [9.17, 15) is 14.4 Å². The Kier molecular flexibility index (Phi) is 3.24. The van der Waals surface area contributed by atoms with Crippen LogP contribution >= 0.6 is 0 Å². The molecule has 0 radical (unpaired) electrons. The van der Waals surface area contributed by atoms with Crippen molar-refractivity contribution in [3.05, 3.63) is 12.2 Å². The Bertz CT molecular complexity index is 359. The third-order valence-electron chi connectivity index (χ3n) is 1.73. The number of hydrogen-bond acceptors (Lipinski definition) is 4. The summed E-state index contributed by atoms with van der Waals surface area (Å²) in [6, 6.07) is 0. The number of ether oxygens (including phenoxy) is 1. The number of hydrogen-bond donors (Lipinski definition) is 0. The van der Waals surface area contributed by atoms with E-state index in [0.29, 0.717) is 0 Å². The maximum absolute atomic E-state index is 11.2. The lowest BCUT2D eigenvalue weighted by Gasteiger charge is -2.13. The van der Waals surface area contributed by atoms with Crippen LogP contribution < -0.4 is 0 Å². The maximum Gasteiger partial charge on any atom is 0.327 e. The van der Waals surface area contributed by atoms with Gasteiger partial charge in [-0.3, -0.25) is 19.3 Å². The van der Waals surface area contributed by atoms with Crippen molar-refractivity contribution in [1.82, 2.24) is 4.90 Å². The minimum atomic E-state index is -0.703. The summed E-state index contributed by atoms with van der Waals surface area (Å²) >= 11 is 0. The van der Waals surface area contributed by atoms with Crippen LogP contribution in [0.5, 0.6) is 0 Å². The number of esters is 1. The fourth-order valence-electron chi connectivity index (χ4n) is 0.985. The summed E-state index contributed by atoms with van der Waals surface area (Å²) in [5.41, 5.74) is 0. The largest absolute Gasteiger partial charge is 0.448 e. The van der Waals surface area contributed by atoms with E-state index in [1.54, 1.807) is 0 Å². The van der Waals surface area contributed by atoms with Crippen LogP contribution in [0.4, 0.5) is 0 Å². The van der Waals surface area contributed by atoms with E-state index in [1.165, 1.54) is 6.92 Å². The van der Waals surface area contributed by atoms with Crippen LogP contribution in [-0.4, -0.2) is 35.3 Å². The van der Waals surface area contributed by atoms with Crippen LogP contribution in [0.1, 0.15) is 6.92 Å². The Balaban J connectivity index is 2.50. The molecule has 0 fully saturated rings. The van der Waals surface area contributed by atoms with Crippen molar-refractivity contribution in [2.75, 3.05) is 6.54 Å². The second kappa shape index (κ2) is 4.42. The molecule has 0 N–H and O–H groups in total. The summed E-state index contributed by atoms with van der Waals surface area (Å²) in [5, 5.41) is 0. The normalized spacial score (nSPS) is 16.4. The van der Waals surface area contributed by atoms with E-state index in [1.807, 2.05) is 0 Å². The smallest absolute Gasteiger partial charge is 0.327 e. The number of terminal acetylenes is 1. The predicted octanol–water partition coefficient (Wildman–Crippen LogP) is -0.524. The highest BCUT2D eigenvalue weighted by Gasteiger charge is 2.26. The average molecular weight is 207 g/mol. The number of carbonyl (C=O) groups is 3. The zero-order valence-corrected chi connectivity index (χ0v) is 8.10. The van der Waals surface area contributed by atoms with Crippen molar-refractivity contribution in [3.8, 4) is 12.3 Å². The molecule has 78 valence electrons. The molecule has 0 aliphatic carbocycles. The minimum Gasteiger partial charge on any atom is -0.448 e. The highest BCUT2D eigenvalue weighted by Crippen LogP contribution is 2.03. The molecule has 0 saturated carbocycles. The molecule has 0 saturated heterocycles. The van der Waals surface area contributed by atoms with Gasteiger partial charge in [0.2, 0.25) is 0 Å². The molecule has 15 heavy (non-hydrogen) atoms. The molecular formula is C10H9NO4. The summed E-state index contributed by atoms with van der Waals surface area (Å²) in [5.74, 6) is 0.447. The highest BCUT2D eigenvalue weighted by atomic mass is 16.5. The Morgan fingerprint density at radius 2 is 2.07 bits per heavy atom. The highest BCUT2D eigenvalue weighted by molar-refractivity contribution is 6.14. The van der Waals surface area contributed by atoms with Crippen LogP contribution in [0.15, 0.2) is 12.2 Å². The zero-order chi connectivity index (χ0) is 11.4. The summed E-state index contributed by atoms with van der Waals surface area (Å²) in [7, 11) is 0. The van der Waals surface area contributed by atoms with Gasteiger partial charge in [0.15, 0.2) is 6.10 Å². The summed E-state index contributed by atoms with van der Waals surface area (Å²) < 4.78 is 4.71. The molecule has 5 nitrogen and oxygen atoms in total. The van der Waals surface area contributed by atoms with Gasteiger partial charge in [0.05, 0.1) is 0 Å². The predicted molar refractivity (Wildman–Crippen MR) is 50.2 cm³/mol.